The van der Waals surface area contributed by atoms with E-state index in [2.05, 4.69) is 4.74 Å². The lowest BCUT2D eigenvalue weighted by molar-refractivity contribution is -0.0515. The SMILES string of the molecule is CC(C)(C)OC(=O)N1CC=C(c2ccc(OC(F)F)c(OCC3CC3)c2)C1. The fraction of sp³-hybridized carbons (Fsp3) is 0.550. The quantitative estimate of drug-likeness (QED) is 0.716. The zero-order valence-corrected chi connectivity index (χ0v) is 15.8. The Labute approximate surface area is 157 Å². The fourth-order valence-corrected chi connectivity index (χ4v) is 2.74. The van der Waals surface area contributed by atoms with E-state index in [0.717, 1.165) is 24.0 Å². The predicted molar refractivity (Wildman–Crippen MR) is 97.1 cm³/mol. The minimum atomic E-state index is -2.91. The van der Waals surface area contributed by atoms with Gasteiger partial charge in [0.1, 0.15) is 5.60 Å². The second-order valence-electron chi connectivity index (χ2n) is 7.88. The van der Waals surface area contributed by atoms with Crippen LogP contribution in [-0.4, -0.2) is 42.9 Å². The molecule has 1 aromatic carbocycles. The van der Waals surface area contributed by atoms with Gasteiger partial charge in [0.15, 0.2) is 11.5 Å². The fourth-order valence-electron chi connectivity index (χ4n) is 2.74. The highest BCUT2D eigenvalue weighted by molar-refractivity contribution is 5.78. The van der Waals surface area contributed by atoms with Gasteiger partial charge in [0.2, 0.25) is 0 Å². The first-order valence-corrected chi connectivity index (χ1v) is 9.10. The van der Waals surface area contributed by atoms with E-state index in [9.17, 15) is 13.6 Å². The van der Waals surface area contributed by atoms with Crippen LogP contribution in [0, 0.1) is 5.92 Å². The molecule has 3 rings (SSSR count). The zero-order valence-electron chi connectivity index (χ0n) is 15.8. The number of halogens is 2. The van der Waals surface area contributed by atoms with Crippen LogP contribution in [0.4, 0.5) is 13.6 Å². The van der Waals surface area contributed by atoms with Crippen molar-refractivity contribution in [2.75, 3.05) is 19.7 Å². The van der Waals surface area contributed by atoms with Crippen molar-refractivity contribution in [2.24, 2.45) is 5.92 Å². The molecular formula is C20H25F2NO4. The molecular weight excluding hydrogens is 356 g/mol. The molecule has 1 aliphatic heterocycles. The van der Waals surface area contributed by atoms with Gasteiger partial charge in [-0.3, -0.25) is 0 Å². The van der Waals surface area contributed by atoms with Gasteiger partial charge in [-0.1, -0.05) is 12.1 Å². The standard InChI is InChI=1S/C20H25F2NO4/c1-20(2,3)27-19(24)23-9-8-15(11-23)14-6-7-16(26-18(21)22)17(10-14)25-12-13-4-5-13/h6-8,10,13,18H,4-5,9,11-12H2,1-3H3. The lowest BCUT2D eigenvalue weighted by Gasteiger charge is -2.24. The molecule has 148 valence electrons. The van der Waals surface area contributed by atoms with Crippen LogP contribution in [0.25, 0.3) is 5.57 Å². The van der Waals surface area contributed by atoms with Crippen molar-refractivity contribution in [1.82, 2.24) is 4.90 Å². The number of rotatable bonds is 6. The van der Waals surface area contributed by atoms with Crippen LogP contribution < -0.4 is 9.47 Å². The summed E-state index contributed by atoms with van der Waals surface area (Å²) in [5, 5.41) is 0. The van der Waals surface area contributed by atoms with E-state index < -0.39 is 12.2 Å². The summed E-state index contributed by atoms with van der Waals surface area (Å²) in [6.07, 6.45) is 3.75. The Hall–Kier alpha value is -2.31. The molecule has 7 heteroatoms. The number of nitrogens with zero attached hydrogens (tertiary/aromatic N) is 1. The Kier molecular flexibility index (Phi) is 5.58. The van der Waals surface area contributed by atoms with E-state index in [1.165, 1.54) is 6.07 Å². The van der Waals surface area contributed by atoms with Crippen molar-refractivity contribution in [2.45, 2.75) is 45.8 Å². The number of ether oxygens (including phenoxy) is 3. The molecule has 0 N–H and O–H groups in total. The van der Waals surface area contributed by atoms with Crippen molar-refractivity contribution < 1.29 is 27.8 Å². The molecule has 0 aromatic heterocycles. The molecule has 0 radical (unpaired) electrons. The number of amides is 1. The highest BCUT2D eigenvalue weighted by Gasteiger charge is 2.27. The summed E-state index contributed by atoms with van der Waals surface area (Å²) >= 11 is 0. The van der Waals surface area contributed by atoms with Crippen molar-refractivity contribution >= 4 is 11.7 Å². The van der Waals surface area contributed by atoms with Gasteiger partial charge >= 0.3 is 12.7 Å². The molecule has 1 fully saturated rings. The van der Waals surface area contributed by atoms with Crippen molar-refractivity contribution in [3.8, 4) is 11.5 Å². The Balaban J connectivity index is 1.70. The van der Waals surface area contributed by atoms with Crippen molar-refractivity contribution in [3.63, 3.8) is 0 Å². The van der Waals surface area contributed by atoms with Gasteiger partial charge in [-0.05, 0) is 62.8 Å². The first-order valence-electron chi connectivity index (χ1n) is 9.10. The van der Waals surface area contributed by atoms with Gasteiger partial charge in [-0.2, -0.15) is 8.78 Å². The number of benzene rings is 1. The van der Waals surface area contributed by atoms with E-state index in [4.69, 9.17) is 9.47 Å². The van der Waals surface area contributed by atoms with Crippen LogP contribution in [0.5, 0.6) is 11.5 Å². The van der Waals surface area contributed by atoms with E-state index in [1.54, 1.807) is 17.0 Å². The van der Waals surface area contributed by atoms with Gasteiger partial charge in [-0.15, -0.1) is 0 Å². The summed E-state index contributed by atoms with van der Waals surface area (Å²) in [6.45, 7) is 3.88. The average Bonchev–Trinajstić information content (AvgIpc) is 3.25. The lowest BCUT2D eigenvalue weighted by atomic mass is 10.1. The monoisotopic (exact) mass is 381 g/mol. The average molecular weight is 381 g/mol. The second kappa shape index (κ2) is 7.74. The molecule has 1 aromatic rings. The molecule has 0 bridgehead atoms. The lowest BCUT2D eigenvalue weighted by Crippen LogP contribution is -2.35. The smallest absolute Gasteiger partial charge is 0.410 e. The van der Waals surface area contributed by atoms with Crippen LogP contribution in [0.15, 0.2) is 24.3 Å². The van der Waals surface area contributed by atoms with Crippen molar-refractivity contribution in [3.05, 3.63) is 29.8 Å². The van der Waals surface area contributed by atoms with E-state index in [-0.39, 0.29) is 11.8 Å². The van der Waals surface area contributed by atoms with Crippen LogP contribution >= 0.6 is 0 Å². The highest BCUT2D eigenvalue weighted by atomic mass is 19.3. The maximum Gasteiger partial charge on any atom is 0.410 e. The molecule has 1 amide bonds. The minimum Gasteiger partial charge on any atom is -0.489 e. The molecule has 2 aliphatic rings. The summed E-state index contributed by atoms with van der Waals surface area (Å²) < 4.78 is 41.0. The summed E-state index contributed by atoms with van der Waals surface area (Å²) in [6, 6.07) is 4.89. The third-order valence-corrected chi connectivity index (χ3v) is 4.27. The van der Waals surface area contributed by atoms with Crippen molar-refractivity contribution in [1.29, 1.82) is 0 Å². The summed E-state index contributed by atoms with van der Waals surface area (Å²) in [5.74, 6) is 0.815. The van der Waals surface area contributed by atoms with Gasteiger partial charge in [0.25, 0.3) is 0 Å². The van der Waals surface area contributed by atoms with E-state index in [0.29, 0.717) is 31.4 Å². The number of carbonyl (C=O) groups excluding carboxylic acids is 1. The maximum atomic E-state index is 12.6. The van der Waals surface area contributed by atoms with Crippen LogP contribution in [0.2, 0.25) is 0 Å². The normalized spacial score (nSPS) is 17.1. The molecule has 0 spiro atoms. The van der Waals surface area contributed by atoms with Gasteiger partial charge in [-0.25, -0.2) is 4.79 Å². The van der Waals surface area contributed by atoms with E-state index >= 15 is 0 Å². The van der Waals surface area contributed by atoms with Crippen LogP contribution in [0.3, 0.4) is 0 Å². The molecule has 0 saturated heterocycles. The van der Waals surface area contributed by atoms with Crippen LogP contribution in [-0.2, 0) is 4.74 Å². The Morgan fingerprint density at radius 2 is 2.00 bits per heavy atom. The summed E-state index contributed by atoms with van der Waals surface area (Å²) in [5.41, 5.74) is 1.17. The van der Waals surface area contributed by atoms with Crippen LogP contribution in [0.1, 0.15) is 39.2 Å². The maximum absolute atomic E-state index is 12.6. The molecule has 1 aliphatic carbocycles. The third kappa shape index (κ3) is 5.58. The largest absolute Gasteiger partial charge is 0.489 e. The Morgan fingerprint density at radius 1 is 1.26 bits per heavy atom. The first-order chi connectivity index (χ1) is 12.7. The second-order valence-corrected chi connectivity index (χ2v) is 7.88. The van der Waals surface area contributed by atoms with Gasteiger partial charge in [0, 0.05) is 13.1 Å². The Morgan fingerprint density at radius 3 is 2.63 bits per heavy atom. The number of hydrogen-bond donors (Lipinski definition) is 0. The van der Waals surface area contributed by atoms with Gasteiger partial charge < -0.3 is 19.1 Å². The highest BCUT2D eigenvalue weighted by Crippen LogP contribution is 2.36. The number of alkyl halides is 2. The first kappa shape index (κ1) is 19.5. The minimum absolute atomic E-state index is 0.0250. The number of carbonyl (C=O) groups is 1. The Bertz CT molecular complexity index is 723. The predicted octanol–water partition coefficient (Wildman–Crippen LogP) is 4.71. The molecule has 1 saturated carbocycles. The third-order valence-electron chi connectivity index (χ3n) is 4.27. The van der Waals surface area contributed by atoms with E-state index in [1.807, 2.05) is 26.8 Å². The summed E-state index contributed by atoms with van der Waals surface area (Å²) in [7, 11) is 0. The molecule has 27 heavy (non-hydrogen) atoms. The topological polar surface area (TPSA) is 48.0 Å². The zero-order chi connectivity index (χ0) is 19.6. The number of hydrogen-bond acceptors (Lipinski definition) is 4. The molecule has 1 heterocycles. The molecule has 0 unspecified atom stereocenters. The molecule has 5 nitrogen and oxygen atoms in total. The molecule has 0 atom stereocenters. The van der Waals surface area contributed by atoms with Gasteiger partial charge in [0.05, 0.1) is 6.61 Å². The summed E-state index contributed by atoms with van der Waals surface area (Å²) in [4.78, 5) is 13.8.